The molecule has 1 atom stereocenters. The van der Waals surface area contributed by atoms with Crippen molar-refractivity contribution >= 4 is 17.2 Å². The first kappa shape index (κ1) is 23.3. The van der Waals surface area contributed by atoms with Crippen LogP contribution in [0, 0.1) is 23.6 Å². The second-order valence-electron chi connectivity index (χ2n) is 9.74. The largest absolute Gasteiger partial charge is 0.205 e. The molecule has 0 aliphatic heterocycles. The van der Waals surface area contributed by atoms with Crippen LogP contribution in [0.1, 0.15) is 75.8 Å². The molecular formula is C30H36ClF. The van der Waals surface area contributed by atoms with Crippen molar-refractivity contribution < 1.29 is 4.39 Å². The van der Waals surface area contributed by atoms with Gasteiger partial charge >= 0.3 is 0 Å². The quantitative estimate of drug-likeness (QED) is 0.368. The van der Waals surface area contributed by atoms with Gasteiger partial charge in [-0.3, -0.25) is 0 Å². The summed E-state index contributed by atoms with van der Waals surface area (Å²) in [5.41, 5.74) is 5.06. The molecule has 0 N–H and O–H groups in total. The molecule has 0 radical (unpaired) electrons. The average Bonchev–Trinajstić information content (AvgIpc) is 2.85. The Morgan fingerprint density at radius 3 is 2.31 bits per heavy atom. The number of hydrogen-bond donors (Lipinski definition) is 0. The molecule has 1 unspecified atom stereocenters. The molecule has 0 saturated heterocycles. The normalized spacial score (nSPS) is 23.6. The van der Waals surface area contributed by atoms with Crippen molar-refractivity contribution in [3.8, 4) is 11.1 Å². The fraction of sp³-hybridized carbons (Fsp3) is 0.467. The molecule has 0 bridgehead atoms. The lowest BCUT2D eigenvalue weighted by molar-refractivity contribution is 0.190. The standard InChI is InChI=1S/C30H36ClF/c1-3-5-6-21-7-9-23(10-8-21)24-11-13-25(14-12-24)26-15-17-27(18-16-26)28-20-19-22(4-2)29(31)30(28)32/h3,13,15-21,23-24H,1,4-12,14H2,2H3. The van der Waals surface area contributed by atoms with Crippen LogP contribution < -0.4 is 0 Å². The van der Waals surface area contributed by atoms with E-state index < -0.39 is 0 Å². The summed E-state index contributed by atoms with van der Waals surface area (Å²) in [6.07, 6.45) is 17.1. The highest BCUT2D eigenvalue weighted by molar-refractivity contribution is 6.31. The molecule has 0 amide bonds. The fourth-order valence-electron chi connectivity index (χ4n) is 5.80. The topological polar surface area (TPSA) is 0 Å². The zero-order valence-electron chi connectivity index (χ0n) is 19.4. The predicted molar refractivity (Wildman–Crippen MR) is 136 cm³/mol. The molecule has 2 aromatic carbocycles. The van der Waals surface area contributed by atoms with Crippen molar-refractivity contribution in [2.45, 2.75) is 71.1 Å². The van der Waals surface area contributed by atoms with Gasteiger partial charge < -0.3 is 0 Å². The first-order chi connectivity index (χ1) is 15.6. The van der Waals surface area contributed by atoms with Crippen molar-refractivity contribution in [3.63, 3.8) is 0 Å². The van der Waals surface area contributed by atoms with E-state index in [1.807, 2.05) is 31.2 Å². The molecule has 1 saturated carbocycles. The molecule has 0 nitrogen and oxygen atoms in total. The third-order valence-corrected chi connectivity index (χ3v) is 8.31. The number of benzene rings is 2. The number of halogens is 2. The highest BCUT2D eigenvalue weighted by Crippen LogP contribution is 2.42. The van der Waals surface area contributed by atoms with Crippen LogP contribution in [0.2, 0.25) is 5.02 Å². The Morgan fingerprint density at radius 2 is 1.69 bits per heavy atom. The lowest BCUT2D eigenvalue weighted by Gasteiger charge is -2.35. The van der Waals surface area contributed by atoms with Gasteiger partial charge in [0.1, 0.15) is 5.82 Å². The van der Waals surface area contributed by atoms with Gasteiger partial charge in [0.15, 0.2) is 0 Å². The molecule has 2 heteroatoms. The molecule has 2 aromatic rings. The number of aryl methyl sites for hydroxylation is 1. The predicted octanol–water partition coefficient (Wildman–Crippen LogP) is 9.66. The summed E-state index contributed by atoms with van der Waals surface area (Å²) < 4.78 is 14.7. The van der Waals surface area contributed by atoms with Gasteiger partial charge in [-0.25, -0.2) is 4.39 Å². The molecule has 0 heterocycles. The second-order valence-corrected chi connectivity index (χ2v) is 10.1. The minimum atomic E-state index is -0.308. The monoisotopic (exact) mass is 450 g/mol. The van der Waals surface area contributed by atoms with Gasteiger partial charge in [0, 0.05) is 5.56 Å². The Morgan fingerprint density at radius 1 is 0.969 bits per heavy atom. The first-order valence-electron chi connectivity index (χ1n) is 12.5. The van der Waals surface area contributed by atoms with E-state index in [9.17, 15) is 4.39 Å². The summed E-state index contributed by atoms with van der Waals surface area (Å²) in [4.78, 5) is 0. The SMILES string of the molecule is C=CCCC1CCC(C2CC=C(c3ccc(-c4ccc(CC)c(Cl)c4F)cc3)CC2)CC1. The van der Waals surface area contributed by atoms with Gasteiger partial charge in [-0.1, -0.05) is 79.9 Å². The van der Waals surface area contributed by atoms with E-state index in [0.29, 0.717) is 5.56 Å². The van der Waals surface area contributed by atoms with Crippen molar-refractivity contribution in [2.75, 3.05) is 0 Å². The molecule has 1 fully saturated rings. The van der Waals surface area contributed by atoms with Crippen LogP contribution in [0.15, 0.2) is 55.1 Å². The van der Waals surface area contributed by atoms with Crippen LogP contribution in [0.4, 0.5) is 4.39 Å². The van der Waals surface area contributed by atoms with E-state index in [1.54, 1.807) is 0 Å². The molecule has 2 aliphatic carbocycles. The lowest BCUT2D eigenvalue weighted by atomic mass is 9.70. The van der Waals surface area contributed by atoms with Gasteiger partial charge in [0.25, 0.3) is 0 Å². The highest BCUT2D eigenvalue weighted by Gasteiger charge is 2.28. The highest BCUT2D eigenvalue weighted by atomic mass is 35.5. The van der Waals surface area contributed by atoms with E-state index in [1.165, 1.54) is 62.5 Å². The minimum Gasteiger partial charge on any atom is -0.205 e. The van der Waals surface area contributed by atoms with Crippen molar-refractivity contribution in [3.05, 3.63) is 77.1 Å². The Hall–Kier alpha value is -1.86. The van der Waals surface area contributed by atoms with Crippen molar-refractivity contribution in [1.29, 1.82) is 0 Å². The van der Waals surface area contributed by atoms with Crippen molar-refractivity contribution in [1.82, 2.24) is 0 Å². The molecule has 2 aliphatic rings. The zero-order chi connectivity index (χ0) is 22.5. The smallest absolute Gasteiger partial charge is 0.149 e. The third-order valence-electron chi connectivity index (χ3n) is 7.90. The van der Waals surface area contributed by atoms with Crippen LogP contribution in [-0.4, -0.2) is 0 Å². The van der Waals surface area contributed by atoms with Crippen LogP contribution in [0.3, 0.4) is 0 Å². The fourth-order valence-corrected chi connectivity index (χ4v) is 6.09. The first-order valence-corrected chi connectivity index (χ1v) is 12.9. The Kier molecular flexibility index (Phi) is 7.89. The number of allylic oxidation sites excluding steroid dienone is 3. The van der Waals surface area contributed by atoms with Crippen LogP contribution in [0.25, 0.3) is 16.7 Å². The summed E-state index contributed by atoms with van der Waals surface area (Å²) in [7, 11) is 0. The van der Waals surface area contributed by atoms with Crippen LogP contribution in [-0.2, 0) is 6.42 Å². The summed E-state index contributed by atoms with van der Waals surface area (Å²) in [5.74, 6) is 2.38. The summed E-state index contributed by atoms with van der Waals surface area (Å²) in [6.45, 7) is 5.86. The molecule has 0 aromatic heterocycles. The van der Waals surface area contributed by atoms with Gasteiger partial charge in [0.2, 0.25) is 0 Å². The molecule has 32 heavy (non-hydrogen) atoms. The maximum Gasteiger partial charge on any atom is 0.149 e. The van der Waals surface area contributed by atoms with Gasteiger partial charge in [0.05, 0.1) is 5.02 Å². The lowest BCUT2D eigenvalue weighted by Crippen LogP contribution is -2.23. The molecule has 4 rings (SSSR count). The number of hydrogen-bond acceptors (Lipinski definition) is 0. The molecule has 0 spiro atoms. The Balaban J connectivity index is 1.37. The Labute approximate surface area is 198 Å². The summed E-state index contributed by atoms with van der Waals surface area (Å²) >= 11 is 6.22. The van der Waals surface area contributed by atoms with Crippen LogP contribution in [0.5, 0.6) is 0 Å². The van der Waals surface area contributed by atoms with Crippen LogP contribution >= 0.6 is 11.6 Å². The van der Waals surface area contributed by atoms with E-state index in [2.05, 4.69) is 30.9 Å². The molecular weight excluding hydrogens is 415 g/mol. The van der Waals surface area contributed by atoms with Gasteiger partial charge in [-0.05, 0) is 91.4 Å². The third kappa shape index (κ3) is 5.20. The average molecular weight is 451 g/mol. The molecule has 170 valence electrons. The van der Waals surface area contributed by atoms with Crippen molar-refractivity contribution in [2.24, 2.45) is 17.8 Å². The minimum absolute atomic E-state index is 0.254. The van der Waals surface area contributed by atoms with E-state index in [0.717, 1.165) is 41.7 Å². The van der Waals surface area contributed by atoms with E-state index in [-0.39, 0.29) is 10.8 Å². The summed E-state index contributed by atoms with van der Waals surface area (Å²) in [6, 6.07) is 12.2. The number of rotatable bonds is 7. The summed E-state index contributed by atoms with van der Waals surface area (Å²) in [5, 5.41) is 0.254. The second kappa shape index (κ2) is 10.8. The van der Waals surface area contributed by atoms with E-state index >= 15 is 0 Å². The van der Waals surface area contributed by atoms with E-state index in [4.69, 9.17) is 11.6 Å². The zero-order valence-corrected chi connectivity index (χ0v) is 20.1. The maximum absolute atomic E-state index is 14.7. The maximum atomic E-state index is 14.7. The Bertz CT molecular complexity index is 948. The van der Waals surface area contributed by atoms with Gasteiger partial charge in [-0.15, -0.1) is 6.58 Å². The van der Waals surface area contributed by atoms with Gasteiger partial charge in [-0.2, -0.15) is 0 Å².